The Morgan fingerprint density at radius 2 is 1.59 bits per heavy atom. The predicted molar refractivity (Wildman–Crippen MR) is 70.6 cm³/mol. The molecule has 0 aliphatic rings. The molecule has 0 saturated carbocycles. The van der Waals surface area contributed by atoms with E-state index in [0.717, 1.165) is 18.4 Å². The van der Waals surface area contributed by atoms with Crippen molar-refractivity contribution >= 4 is 9.84 Å². The highest BCUT2D eigenvalue weighted by atomic mass is 32.2. The quantitative estimate of drug-likeness (QED) is 0.879. The molecular formula is C13H21NO2S. The van der Waals surface area contributed by atoms with Crippen LogP contribution >= 0.6 is 0 Å². The average Bonchev–Trinajstić information content (AvgIpc) is 2.29. The summed E-state index contributed by atoms with van der Waals surface area (Å²) in [7, 11) is -3.12. The van der Waals surface area contributed by atoms with Crippen molar-refractivity contribution in [1.29, 1.82) is 0 Å². The van der Waals surface area contributed by atoms with Gasteiger partial charge < -0.3 is 5.73 Å². The number of rotatable bonds is 5. The van der Waals surface area contributed by atoms with E-state index in [1.54, 1.807) is 12.1 Å². The van der Waals surface area contributed by atoms with E-state index in [1.807, 2.05) is 12.1 Å². The van der Waals surface area contributed by atoms with Crippen LogP contribution in [0.15, 0.2) is 29.2 Å². The zero-order chi connectivity index (χ0) is 13.1. The molecule has 1 unspecified atom stereocenters. The van der Waals surface area contributed by atoms with Crippen LogP contribution in [0.3, 0.4) is 0 Å². The fourth-order valence-corrected chi connectivity index (χ4v) is 2.64. The Morgan fingerprint density at radius 1 is 1.12 bits per heavy atom. The minimum atomic E-state index is -3.12. The average molecular weight is 255 g/mol. The number of sulfone groups is 1. The summed E-state index contributed by atoms with van der Waals surface area (Å²) in [6.45, 7) is 4.25. The summed E-state index contributed by atoms with van der Waals surface area (Å²) in [6, 6.07) is 6.89. The van der Waals surface area contributed by atoms with Crippen LogP contribution in [0.1, 0.15) is 38.3 Å². The lowest BCUT2D eigenvalue weighted by molar-refractivity contribution is 0.405. The molecule has 96 valence electrons. The number of hydrogen-bond donors (Lipinski definition) is 1. The van der Waals surface area contributed by atoms with Crippen LogP contribution in [0.25, 0.3) is 0 Å². The lowest BCUT2D eigenvalue weighted by Gasteiger charge is -2.21. The molecule has 2 N–H and O–H groups in total. The van der Waals surface area contributed by atoms with E-state index < -0.39 is 9.84 Å². The first-order valence-electron chi connectivity index (χ1n) is 5.95. The van der Waals surface area contributed by atoms with Gasteiger partial charge in [-0.05, 0) is 23.6 Å². The molecule has 0 aromatic heterocycles. The van der Waals surface area contributed by atoms with E-state index >= 15 is 0 Å². The van der Waals surface area contributed by atoms with Gasteiger partial charge in [0.1, 0.15) is 0 Å². The van der Waals surface area contributed by atoms with E-state index in [0.29, 0.717) is 10.8 Å². The molecule has 0 amide bonds. The van der Waals surface area contributed by atoms with E-state index in [1.165, 1.54) is 6.26 Å². The largest absolute Gasteiger partial charge is 0.324 e. The Labute approximate surface area is 104 Å². The summed E-state index contributed by atoms with van der Waals surface area (Å²) >= 11 is 0. The minimum Gasteiger partial charge on any atom is -0.324 e. The van der Waals surface area contributed by atoms with E-state index in [4.69, 9.17) is 5.73 Å². The first-order chi connectivity index (χ1) is 7.90. The Bertz CT molecular complexity index is 447. The SMILES string of the molecule is CCC(CC)C(N)c1ccc(S(C)(=O)=O)cc1. The Kier molecular flexibility index (Phi) is 4.71. The van der Waals surface area contributed by atoms with Gasteiger partial charge >= 0.3 is 0 Å². The number of hydrogen-bond acceptors (Lipinski definition) is 3. The topological polar surface area (TPSA) is 60.2 Å². The summed E-state index contributed by atoms with van der Waals surface area (Å²) in [6.07, 6.45) is 3.28. The molecule has 1 rings (SSSR count). The van der Waals surface area contributed by atoms with Crippen LogP contribution in [0.2, 0.25) is 0 Å². The maximum Gasteiger partial charge on any atom is 0.175 e. The lowest BCUT2D eigenvalue weighted by atomic mass is 9.90. The third kappa shape index (κ3) is 3.54. The lowest BCUT2D eigenvalue weighted by Crippen LogP contribution is -2.20. The molecule has 0 radical (unpaired) electrons. The molecule has 1 aromatic carbocycles. The highest BCUT2D eigenvalue weighted by molar-refractivity contribution is 7.90. The van der Waals surface area contributed by atoms with Crippen molar-refractivity contribution < 1.29 is 8.42 Å². The summed E-state index contributed by atoms with van der Waals surface area (Å²) in [4.78, 5) is 0.345. The second-order valence-electron chi connectivity index (χ2n) is 4.44. The smallest absolute Gasteiger partial charge is 0.175 e. The van der Waals surface area contributed by atoms with E-state index in [2.05, 4.69) is 13.8 Å². The Hall–Kier alpha value is -0.870. The van der Waals surface area contributed by atoms with Gasteiger partial charge in [0.2, 0.25) is 0 Å². The monoisotopic (exact) mass is 255 g/mol. The molecule has 3 nitrogen and oxygen atoms in total. The van der Waals surface area contributed by atoms with Gasteiger partial charge in [-0.3, -0.25) is 0 Å². The zero-order valence-electron chi connectivity index (χ0n) is 10.7. The third-order valence-corrected chi connectivity index (χ3v) is 4.38. The van der Waals surface area contributed by atoms with Crippen LogP contribution in [0.5, 0.6) is 0 Å². The first-order valence-corrected chi connectivity index (χ1v) is 7.84. The van der Waals surface area contributed by atoms with Gasteiger partial charge in [-0.1, -0.05) is 38.8 Å². The highest BCUT2D eigenvalue weighted by Gasteiger charge is 2.16. The van der Waals surface area contributed by atoms with Crippen molar-refractivity contribution in [2.24, 2.45) is 11.7 Å². The molecule has 0 aliphatic heterocycles. The normalized spacial score (nSPS) is 13.9. The van der Waals surface area contributed by atoms with Crippen molar-refractivity contribution in [1.82, 2.24) is 0 Å². The summed E-state index contributed by atoms with van der Waals surface area (Å²) in [5, 5.41) is 0. The molecule has 0 bridgehead atoms. The Morgan fingerprint density at radius 3 is 1.94 bits per heavy atom. The van der Waals surface area contributed by atoms with Crippen LogP contribution < -0.4 is 5.73 Å². The van der Waals surface area contributed by atoms with Gasteiger partial charge in [0.05, 0.1) is 4.90 Å². The molecule has 4 heteroatoms. The summed E-state index contributed by atoms with van der Waals surface area (Å²) < 4.78 is 22.7. The van der Waals surface area contributed by atoms with E-state index in [-0.39, 0.29) is 6.04 Å². The highest BCUT2D eigenvalue weighted by Crippen LogP contribution is 2.25. The maximum atomic E-state index is 11.3. The summed E-state index contributed by atoms with van der Waals surface area (Å²) in [5.41, 5.74) is 7.18. The molecule has 1 atom stereocenters. The molecule has 0 fully saturated rings. The van der Waals surface area contributed by atoms with Crippen LogP contribution in [0, 0.1) is 5.92 Å². The molecule has 0 saturated heterocycles. The standard InChI is InChI=1S/C13H21NO2S/c1-4-10(5-2)13(14)11-6-8-12(9-7-11)17(3,15)16/h6-10,13H,4-5,14H2,1-3H3. The maximum absolute atomic E-state index is 11.3. The van der Waals surface area contributed by atoms with Crippen LogP contribution in [-0.4, -0.2) is 14.7 Å². The van der Waals surface area contributed by atoms with Crippen molar-refractivity contribution in [3.8, 4) is 0 Å². The van der Waals surface area contributed by atoms with Crippen LogP contribution in [-0.2, 0) is 9.84 Å². The van der Waals surface area contributed by atoms with Crippen molar-refractivity contribution in [2.75, 3.05) is 6.26 Å². The molecule has 17 heavy (non-hydrogen) atoms. The second kappa shape index (κ2) is 5.65. The van der Waals surface area contributed by atoms with Gasteiger partial charge in [-0.2, -0.15) is 0 Å². The predicted octanol–water partition coefficient (Wildman–Crippen LogP) is 2.53. The number of nitrogens with two attached hydrogens (primary N) is 1. The van der Waals surface area contributed by atoms with Crippen LogP contribution in [0.4, 0.5) is 0 Å². The third-order valence-electron chi connectivity index (χ3n) is 3.25. The van der Waals surface area contributed by atoms with Gasteiger partial charge in [-0.15, -0.1) is 0 Å². The fraction of sp³-hybridized carbons (Fsp3) is 0.538. The van der Waals surface area contributed by atoms with Crippen molar-refractivity contribution in [3.63, 3.8) is 0 Å². The van der Waals surface area contributed by atoms with Crippen molar-refractivity contribution in [2.45, 2.75) is 37.6 Å². The Balaban J connectivity index is 2.95. The van der Waals surface area contributed by atoms with Gasteiger partial charge in [0, 0.05) is 12.3 Å². The molecule has 1 aromatic rings. The number of benzene rings is 1. The molecule has 0 spiro atoms. The second-order valence-corrected chi connectivity index (χ2v) is 6.46. The van der Waals surface area contributed by atoms with E-state index in [9.17, 15) is 8.42 Å². The fourth-order valence-electron chi connectivity index (χ4n) is 2.01. The molecule has 0 aliphatic carbocycles. The minimum absolute atomic E-state index is 0.0152. The summed E-state index contributed by atoms with van der Waals surface area (Å²) in [5.74, 6) is 0.444. The zero-order valence-corrected chi connectivity index (χ0v) is 11.5. The first kappa shape index (κ1) is 14.2. The van der Waals surface area contributed by atoms with Crippen molar-refractivity contribution in [3.05, 3.63) is 29.8 Å². The molecular weight excluding hydrogens is 234 g/mol. The van der Waals surface area contributed by atoms with Gasteiger partial charge in [0.15, 0.2) is 9.84 Å². The molecule has 0 heterocycles. The van der Waals surface area contributed by atoms with Gasteiger partial charge in [-0.25, -0.2) is 8.42 Å². The van der Waals surface area contributed by atoms with Gasteiger partial charge in [0.25, 0.3) is 0 Å².